The number of nitrogens with zero attached hydrogens (tertiary/aromatic N) is 2. The molecule has 1 N–H and O–H groups in total. The van der Waals surface area contributed by atoms with Gasteiger partial charge in [-0.3, -0.25) is 4.68 Å². The summed E-state index contributed by atoms with van der Waals surface area (Å²) < 4.78 is 2.21. The number of hydrogen-bond donors (Lipinski definition) is 1. The smallest absolute Gasteiger partial charge is 0.0537 e. The Labute approximate surface area is 123 Å². The second-order valence-corrected chi connectivity index (χ2v) is 6.85. The molecule has 4 unspecified atom stereocenters. The molecule has 2 aliphatic carbocycles. The summed E-state index contributed by atoms with van der Waals surface area (Å²) in [5.41, 5.74) is 1.36. The van der Waals surface area contributed by atoms with Crippen LogP contribution in [0.4, 0.5) is 0 Å². The molecule has 2 saturated carbocycles. The van der Waals surface area contributed by atoms with Gasteiger partial charge in [0.1, 0.15) is 0 Å². The predicted octanol–water partition coefficient (Wildman–Crippen LogP) is 3.77. The summed E-state index contributed by atoms with van der Waals surface area (Å²) in [6.45, 7) is 6.71. The Kier molecular flexibility index (Phi) is 4.45. The molecule has 2 bridgehead atoms. The highest BCUT2D eigenvalue weighted by Crippen LogP contribution is 2.48. The molecule has 20 heavy (non-hydrogen) atoms. The Morgan fingerprint density at radius 2 is 2.25 bits per heavy atom. The molecule has 2 fully saturated rings. The molecule has 4 atom stereocenters. The predicted molar refractivity (Wildman–Crippen MR) is 82.5 cm³/mol. The van der Waals surface area contributed by atoms with Gasteiger partial charge in [-0.15, -0.1) is 0 Å². The standard InChI is InChI=1S/C17H29N3/c1-3-7-18-17(4-2)16-10-19-20(12-16)11-15-9-13-5-6-14(15)8-13/h10,12-15,17-18H,3-9,11H2,1-2H3. The van der Waals surface area contributed by atoms with E-state index in [0.29, 0.717) is 6.04 Å². The van der Waals surface area contributed by atoms with E-state index in [2.05, 4.69) is 41.3 Å². The third-order valence-electron chi connectivity index (χ3n) is 5.41. The van der Waals surface area contributed by atoms with Crippen molar-refractivity contribution in [3.05, 3.63) is 18.0 Å². The van der Waals surface area contributed by atoms with Gasteiger partial charge in [0.25, 0.3) is 0 Å². The molecule has 112 valence electrons. The summed E-state index contributed by atoms with van der Waals surface area (Å²) in [6.07, 6.45) is 12.6. The van der Waals surface area contributed by atoms with E-state index in [9.17, 15) is 0 Å². The molecule has 0 radical (unpaired) electrons. The van der Waals surface area contributed by atoms with E-state index in [-0.39, 0.29) is 0 Å². The van der Waals surface area contributed by atoms with Gasteiger partial charge in [-0.2, -0.15) is 5.10 Å². The zero-order chi connectivity index (χ0) is 13.9. The van der Waals surface area contributed by atoms with Crippen LogP contribution in [0.2, 0.25) is 0 Å². The van der Waals surface area contributed by atoms with Crippen LogP contribution in [0, 0.1) is 17.8 Å². The normalized spacial score (nSPS) is 30.0. The monoisotopic (exact) mass is 275 g/mol. The van der Waals surface area contributed by atoms with E-state index >= 15 is 0 Å². The highest BCUT2D eigenvalue weighted by atomic mass is 15.3. The summed E-state index contributed by atoms with van der Waals surface area (Å²) >= 11 is 0. The van der Waals surface area contributed by atoms with E-state index in [4.69, 9.17) is 0 Å². The Hall–Kier alpha value is -0.830. The minimum atomic E-state index is 0.476. The maximum atomic E-state index is 4.62. The van der Waals surface area contributed by atoms with Gasteiger partial charge in [0.05, 0.1) is 6.20 Å². The van der Waals surface area contributed by atoms with Crippen molar-refractivity contribution in [3.63, 3.8) is 0 Å². The number of hydrogen-bond acceptors (Lipinski definition) is 2. The Balaban J connectivity index is 1.58. The second kappa shape index (κ2) is 6.30. The van der Waals surface area contributed by atoms with Crippen molar-refractivity contribution in [2.45, 2.75) is 65.0 Å². The molecule has 3 nitrogen and oxygen atoms in total. The summed E-state index contributed by atoms with van der Waals surface area (Å²) in [5.74, 6) is 2.92. The van der Waals surface area contributed by atoms with Gasteiger partial charge < -0.3 is 5.32 Å². The van der Waals surface area contributed by atoms with Gasteiger partial charge in [0.15, 0.2) is 0 Å². The Morgan fingerprint density at radius 3 is 2.90 bits per heavy atom. The average Bonchev–Trinajstić information content (AvgIpc) is 3.16. The zero-order valence-electron chi connectivity index (χ0n) is 13.0. The summed E-state index contributed by atoms with van der Waals surface area (Å²) in [6, 6.07) is 0.476. The fraction of sp³-hybridized carbons (Fsp3) is 0.824. The lowest BCUT2D eigenvalue weighted by Crippen LogP contribution is -2.21. The molecular weight excluding hydrogens is 246 g/mol. The highest BCUT2D eigenvalue weighted by molar-refractivity contribution is 5.10. The van der Waals surface area contributed by atoms with Crippen molar-refractivity contribution < 1.29 is 0 Å². The van der Waals surface area contributed by atoms with Crippen molar-refractivity contribution in [2.75, 3.05) is 6.54 Å². The first-order chi connectivity index (χ1) is 9.80. The van der Waals surface area contributed by atoms with Crippen molar-refractivity contribution >= 4 is 0 Å². The van der Waals surface area contributed by atoms with Gasteiger partial charge >= 0.3 is 0 Å². The molecule has 1 aromatic heterocycles. The first kappa shape index (κ1) is 14.1. The van der Waals surface area contributed by atoms with E-state index in [1.165, 1.54) is 37.7 Å². The first-order valence-electron chi connectivity index (χ1n) is 8.55. The van der Waals surface area contributed by atoms with Crippen LogP contribution in [-0.4, -0.2) is 16.3 Å². The van der Waals surface area contributed by atoms with E-state index in [0.717, 1.165) is 37.3 Å². The Bertz CT molecular complexity index is 426. The molecule has 1 aromatic rings. The van der Waals surface area contributed by atoms with E-state index in [1.807, 2.05) is 0 Å². The minimum Gasteiger partial charge on any atom is -0.310 e. The van der Waals surface area contributed by atoms with Gasteiger partial charge in [0.2, 0.25) is 0 Å². The number of aromatic nitrogens is 2. The largest absolute Gasteiger partial charge is 0.310 e. The SMILES string of the molecule is CCCNC(CC)c1cnn(CC2CC3CCC2C3)c1. The van der Waals surface area contributed by atoms with Crippen LogP contribution in [0.3, 0.4) is 0 Å². The van der Waals surface area contributed by atoms with Crippen molar-refractivity contribution in [2.24, 2.45) is 17.8 Å². The molecule has 3 heteroatoms. The van der Waals surface area contributed by atoms with Crippen LogP contribution in [0.5, 0.6) is 0 Å². The fourth-order valence-corrected chi connectivity index (χ4v) is 4.32. The number of fused-ring (bicyclic) bond motifs is 2. The third kappa shape index (κ3) is 2.93. The van der Waals surface area contributed by atoms with Gasteiger partial charge in [-0.05, 0) is 56.4 Å². The molecular formula is C17H29N3. The van der Waals surface area contributed by atoms with Gasteiger partial charge in [-0.1, -0.05) is 20.3 Å². The van der Waals surface area contributed by atoms with Crippen LogP contribution < -0.4 is 5.32 Å². The molecule has 0 amide bonds. The summed E-state index contributed by atoms with van der Waals surface area (Å²) in [7, 11) is 0. The molecule has 1 heterocycles. The fourth-order valence-electron chi connectivity index (χ4n) is 4.32. The maximum absolute atomic E-state index is 4.62. The van der Waals surface area contributed by atoms with Crippen LogP contribution in [-0.2, 0) is 6.54 Å². The molecule has 0 aromatic carbocycles. The Morgan fingerprint density at radius 1 is 1.35 bits per heavy atom. The van der Waals surface area contributed by atoms with Gasteiger partial charge in [0, 0.05) is 24.3 Å². The van der Waals surface area contributed by atoms with Crippen LogP contribution in [0.25, 0.3) is 0 Å². The van der Waals surface area contributed by atoms with Crippen molar-refractivity contribution in [3.8, 4) is 0 Å². The lowest BCUT2D eigenvalue weighted by molar-refractivity contribution is 0.285. The van der Waals surface area contributed by atoms with E-state index in [1.54, 1.807) is 0 Å². The number of rotatable bonds is 7. The quantitative estimate of drug-likeness (QED) is 0.821. The highest BCUT2D eigenvalue weighted by Gasteiger charge is 2.39. The zero-order valence-corrected chi connectivity index (χ0v) is 13.0. The molecule has 3 rings (SSSR count). The molecule has 0 spiro atoms. The lowest BCUT2D eigenvalue weighted by atomic mass is 9.89. The maximum Gasteiger partial charge on any atom is 0.0537 e. The lowest BCUT2D eigenvalue weighted by Gasteiger charge is -2.21. The van der Waals surface area contributed by atoms with Crippen LogP contribution >= 0.6 is 0 Å². The van der Waals surface area contributed by atoms with E-state index < -0.39 is 0 Å². The van der Waals surface area contributed by atoms with Crippen LogP contribution in [0.15, 0.2) is 12.4 Å². The minimum absolute atomic E-state index is 0.476. The molecule has 2 aliphatic rings. The third-order valence-corrected chi connectivity index (χ3v) is 5.41. The number of nitrogens with one attached hydrogen (secondary N) is 1. The average molecular weight is 275 g/mol. The summed E-state index contributed by atoms with van der Waals surface area (Å²) in [4.78, 5) is 0. The summed E-state index contributed by atoms with van der Waals surface area (Å²) in [5, 5.41) is 8.23. The second-order valence-electron chi connectivity index (χ2n) is 6.85. The van der Waals surface area contributed by atoms with Crippen molar-refractivity contribution in [1.82, 2.24) is 15.1 Å². The van der Waals surface area contributed by atoms with Gasteiger partial charge in [-0.25, -0.2) is 0 Å². The van der Waals surface area contributed by atoms with Crippen LogP contribution in [0.1, 0.15) is 64.0 Å². The molecule has 0 aliphatic heterocycles. The molecule has 0 saturated heterocycles. The van der Waals surface area contributed by atoms with Crippen molar-refractivity contribution in [1.29, 1.82) is 0 Å². The first-order valence-corrected chi connectivity index (χ1v) is 8.55. The topological polar surface area (TPSA) is 29.9 Å².